The lowest BCUT2D eigenvalue weighted by Gasteiger charge is -2.12. The van der Waals surface area contributed by atoms with Gasteiger partial charge in [0.05, 0.1) is 0 Å². The summed E-state index contributed by atoms with van der Waals surface area (Å²) in [6, 6.07) is 6.64. The summed E-state index contributed by atoms with van der Waals surface area (Å²) in [4.78, 5) is 0. The highest BCUT2D eigenvalue weighted by atomic mass is 19.1. The van der Waals surface area contributed by atoms with Crippen LogP contribution in [0.15, 0.2) is 36.4 Å². The molecule has 0 aliphatic carbocycles. The summed E-state index contributed by atoms with van der Waals surface area (Å²) < 4.78 is 12.9. The lowest BCUT2D eigenvalue weighted by Crippen LogP contribution is -2.23. The second kappa shape index (κ2) is 5.66. The maximum absolute atomic E-state index is 12.9. The van der Waals surface area contributed by atoms with E-state index in [9.17, 15) is 4.39 Å². The Morgan fingerprint density at radius 2 is 2.27 bits per heavy atom. The minimum Gasteiger partial charge on any atom is -0.327 e. The first-order valence-corrected chi connectivity index (χ1v) is 5.28. The molecule has 0 spiro atoms. The lowest BCUT2D eigenvalue weighted by atomic mass is 9.99. The Balaban J connectivity index is 2.51. The summed E-state index contributed by atoms with van der Waals surface area (Å²) in [5.74, 6) is -0.200. The molecule has 1 nitrogen and oxygen atoms in total. The van der Waals surface area contributed by atoms with Crippen LogP contribution in [0.1, 0.15) is 25.3 Å². The minimum atomic E-state index is -0.200. The van der Waals surface area contributed by atoms with Crippen LogP contribution in [0.2, 0.25) is 0 Å². The van der Waals surface area contributed by atoms with Crippen LogP contribution in [0, 0.1) is 5.82 Å². The van der Waals surface area contributed by atoms with Crippen molar-refractivity contribution in [3.05, 3.63) is 47.8 Å². The Kier molecular flexibility index (Phi) is 4.50. The van der Waals surface area contributed by atoms with Crippen LogP contribution in [0.25, 0.3) is 0 Å². The Morgan fingerprint density at radius 1 is 1.53 bits per heavy atom. The molecule has 0 saturated carbocycles. The zero-order chi connectivity index (χ0) is 11.3. The van der Waals surface area contributed by atoms with Gasteiger partial charge >= 0.3 is 0 Å². The van der Waals surface area contributed by atoms with Crippen molar-refractivity contribution in [2.75, 3.05) is 0 Å². The molecule has 1 unspecified atom stereocenters. The number of hydrogen-bond donors (Lipinski definition) is 1. The quantitative estimate of drug-likeness (QED) is 0.738. The number of nitrogens with two attached hydrogens (primary N) is 1. The van der Waals surface area contributed by atoms with Gasteiger partial charge in [0.2, 0.25) is 0 Å². The summed E-state index contributed by atoms with van der Waals surface area (Å²) in [5, 5.41) is 0. The molecular weight excluding hydrogens is 189 g/mol. The monoisotopic (exact) mass is 207 g/mol. The summed E-state index contributed by atoms with van der Waals surface area (Å²) in [6.45, 7) is 5.98. The largest absolute Gasteiger partial charge is 0.327 e. The average molecular weight is 207 g/mol. The molecule has 1 aromatic carbocycles. The maximum atomic E-state index is 12.9. The second-order valence-electron chi connectivity index (χ2n) is 3.90. The highest BCUT2D eigenvalue weighted by Gasteiger charge is 2.05. The first-order valence-electron chi connectivity index (χ1n) is 5.28. The van der Waals surface area contributed by atoms with Gasteiger partial charge < -0.3 is 5.73 Å². The number of rotatable bonds is 5. The van der Waals surface area contributed by atoms with Gasteiger partial charge in [-0.2, -0.15) is 0 Å². The van der Waals surface area contributed by atoms with Crippen molar-refractivity contribution >= 4 is 0 Å². The molecule has 1 rings (SSSR count). The summed E-state index contributed by atoms with van der Waals surface area (Å²) >= 11 is 0. The van der Waals surface area contributed by atoms with Crippen molar-refractivity contribution in [3.63, 3.8) is 0 Å². The maximum Gasteiger partial charge on any atom is 0.123 e. The number of halogens is 1. The summed E-state index contributed by atoms with van der Waals surface area (Å²) in [7, 11) is 0. The third-order valence-electron chi connectivity index (χ3n) is 2.44. The van der Waals surface area contributed by atoms with Crippen LogP contribution in [-0.2, 0) is 6.42 Å². The smallest absolute Gasteiger partial charge is 0.123 e. The van der Waals surface area contributed by atoms with Crippen LogP contribution in [-0.4, -0.2) is 6.04 Å². The van der Waals surface area contributed by atoms with Crippen molar-refractivity contribution in [3.8, 4) is 0 Å². The molecule has 0 aromatic heterocycles. The molecule has 2 heteroatoms. The van der Waals surface area contributed by atoms with Gasteiger partial charge in [0.1, 0.15) is 5.82 Å². The molecule has 0 saturated heterocycles. The molecule has 0 aliphatic rings. The minimum absolute atomic E-state index is 0.0410. The first kappa shape index (κ1) is 11.9. The highest BCUT2D eigenvalue weighted by molar-refractivity contribution is 5.17. The first-order chi connectivity index (χ1) is 7.11. The van der Waals surface area contributed by atoms with E-state index in [1.165, 1.54) is 12.1 Å². The summed E-state index contributed by atoms with van der Waals surface area (Å²) in [6.07, 6.45) is 2.47. The fourth-order valence-electron chi connectivity index (χ4n) is 1.55. The third kappa shape index (κ3) is 4.26. The van der Waals surface area contributed by atoms with Crippen LogP contribution in [0.4, 0.5) is 4.39 Å². The number of hydrogen-bond acceptors (Lipinski definition) is 1. The van der Waals surface area contributed by atoms with Crippen molar-refractivity contribution in [1.29, 1.82) is 0 Å². The molecule has 0 aliphatic heterocycles. The van der Waals surface area contributed by atoms with E-state index in [1.807, 2.05) is 6.07 Å². The molecule has 0 heterocycles. The zero-order valence-electron chi connectivity index (χ0n) is 9.17. The second-order valence-corrected chi connectivity index (χ2v) is 3.90. The molecule has 15 heavy (non-hydrogen) atoms. The van der Waals surface area contributed by atoms with E-state index >= 15 is 0 Å². The van der Waals surface area contributed by atoms with Crippen molar-refractivity contribution in [2.45, 2.75) is 32.2 Å². The Bertz CT molecular complexity index is 333. The van der Waals surface area contributed by atoms with Crippen molar-refractivity contribution < 1.29 is 4.39 Å². The Morgan fingerprint density at radius 3 is 2.87 bits per heavy atom. The van der Waals surface area contributed by atoms with Gasteiger partial charge in [0.25, 0.3) is 0 Å². The molecular formula is C13H18FN. The molecule has 1 aromatic rings. The number of benzene rings is 1. The molecule has 0 fully saturated rings. The fraction of sp³-hybridized carbons (Fsp3) is 0.385. The average Bonchev–Trinajstić information content (AvgIpc) is 2.17. The van der Waals surface area contributed by atoms with Crippen LogP contribution >= 0.6 is 0 Å². The molecule has 82 valence electrons. The Labute approximate surface area is 90.8 Å². The van der Waals surface area contributed by atoms with Gasteiger partial charge in [-0.3, -0.25) is 0 Å². The van der Waals surface area contributed by atoms with Crippen molar-refractivity contribution in [2.24, 2.45) is 5.73 Å². The van der Waals surface area contributed by atoms with Crippen LogP contribution < -0.4 is 5.73 Å². The zero-order valence-corrected chi connectivity index (χ0v) is 9.17. The molecule has 1 atom stereocenters. The van der Waals surface area contributed by atoms with Gasteiger partial charge in [0.15, 0.2) is 0 Å². The lowest BCUT2D eigenvalue weighted by molar-refractivity contribution is 0.616. The Hall–Kier alpha value is -1.15. The standard InChI is InChI=1S/C13H18FN/c1-3-10(2)7-13(15)9-11-5-4-6-12(14)8-11/h4-6,8,13H,2-3,7,9,15H2,1H3. The van der Waals surface area contributed by atoms with Crippen LogP contribution in [0.5, 0.6) is 0 Å². The predicted molar refractivity (Wildman–Crippen MR) is 62.1 cm³/mol. The SMILES string of the molecule is C=C(CC)CC(N)Cc1cccc(F)c1. The van der Waals surface area contributed by atoms with Crippen LogP contribution in [0.3, 0.4) is 0 Å². The van der Waals surface area contributed by atoms with E-state index in [0.29, 0.717) is 6.42 Å². The fourth-order valence-corrected chi connectivity index (χ4v) is 1.55. The normalized spacial score (nSPS) is 12.5. The van der Waals surface area contributed by atoms with E-state index in [1.54, 1.807) is 6.07 Å². The predicted octanol–water partition coefficient (Wildman–Crippen LogP) is 3.05. The molecule has 0 bridgehead atoms. The topological polar surface area (TPSA) is 26.0 Å². The van der Waals surface area contributed by atoms with E-state index in [0.717, 1.165) is 24.0 Å². The van der Waals surface area contributed by atoms with E-state index in [-0.39, 0.29) is 11.9 Å². The van der Waals surface area contributed by atoms with Crippen molar-refractivity contribution in [1.82, 2.24) is 0 Å². The van der Waals surface area contributed by atoms with Gasteiger partial charge in [0, 0.05) is 6.04 Å². The van der Waals surface area contributed by atoms with Gasteiger partial charge in [-0.05, 0) is 37.0 Å². The highest BCUT2D eigenvalue weighted by Crippen LogP contribution is 2.11. The van der Waals surface area contributed by atoms with Gasteiger partial charge in [-0.1, -0.05) is 31.2 Å². The van der Waals surface area contributed by atoms with Gasteiger partial charge in [-0.25, -0.2) is 4.39 Å². The third-order valence-corrected chi connectivity index (χ3v) is 2.44. The molecule has 0 amide bonds. The molecule has 2 N–H and O–H groups in total. The summed E-state index contributed by atoms with van der Waals surface area (Å²) in [5.41, 5.74) is 8.05. The van der Waals surface area contributed by atoms with E-state index in [4.69, 9.17) is 5.73 Å². The van der Waals surface area contributed by atoms with Gasteiger partial charge in [-0.15, -0.1) is 0 Å². The molecule has 0 radical (unpaired) electrons. The van der Waals surface area contributed by atoms with E-state index in [2.05, 4.69) is 13.5 Å². The van der Waals surface area contributed by atoms with E-state index < -0.39 is 0 Å².